The molecule has 0 radical (unpaired) electrons. The number of esters is 1. The number of carbonyl (C=O) groups is 1. The lowest BCUT2D eigenvalue weighted by molar-refractivity contribution is -0.144. The Bertz CT molecular complexity index is 536. The lowest BCUT2D eigenvalue weighted by Crippen LogP contribution is -2.38. The Hall–Kier alpha value is -1.14. The van der Waals surface area contributed by atoms with Crippen molar-refractivity contribution in [3.63, 3.8) is 0 Å². The minimum Gasteiger partial charge on any atom is -0.464 e. The summed E-state index contributed by atoms with van der Waals surface area (Å²) < 4.78 is 6.06. The normalized spacial score (nSPS) is 18.1. The van der Waals surface area contributed by atoms with Crippen LogP contribution in [0.5, 0.6) is 0 Å². The summed E-state index contributed by atoms with van der Waals surface area (Å²) in [4.78, 5) is 14.4. The van der Waals surface area contributed by atoms with Crippen molar-refractivity contribution in [3.8, 4) is 0 Å². The van der Waals surface area contributed by atoms with Crippen LogP contribution >= 0.6 is 28.1 Å². The number of hydrogen-bond acceptors (Lipinski definition) is 4. The molecule has 108 valence electrons. The number of nitrogens with two attached hydrogens (primary N) is 1. The SMILES string of the molecule is CCOC(=O)C1CCCN1c1ccc(Br)cc1C(N)=S. The van der Waals surface area contributed by atoms with E-state index >= 15 is 0 Å². The number of carbonyl (C=O) groups excluding carboxylic acids is 1. The number of ether oxygens (including phenoxy) is 1. The molecule has 6 heteroatoms. The maximum absolute atomic E-state index is 12.0. The van der Waals surface area contributed by atoms with E-state index < -0.39 is 0 Å². The van der Waals surface area contributed by atoms with E-state index in [9.17, 15) is 4.79 Å². The Morgan fingerprint density at radius 2 is 2.35 bits per heavy atom. The van der Waals surface area contributed by atoms with Gasteiger partial charge in [0.15, 0.2) is 0 Å². The smallest absolute Gasteiger partial charge is 0.328 e. The van der Waals surface area contributed by atoms with Gasteiger partial charge in [0.05, 0.1) is 6.61 Å². The number of rotatable bonds is 4. The third-order valence-corrected chi connectivity index (χ3v) is 4.06. The van der Waals surface area contributed by atoms with E-state index in [2.05, 4.69) is 15.9 Å². The molecule has 4 nitrogen and oxygen atoms in total. The topological polar surface area (TPSA) is 55.6 Å². The molecule has 1 saturated heterocycles. The van der Waals surface area contributed by atoms with Crippen molar-refractivity contribution < 1.29 is 9.53 Å². The monoisotopic (exact) mass is 356 g/mol. The van der Waals surface area contributed by atoms with Crippen LogP contribution in [-0.2, 0) is 9.53 Å². The van der Waals surface area contributed by atoms with E-state index in [1.807, 2.05) is 30.0 Å². The van der Waals surface area contributed by atoms with Crippen molar-refractivity contribution >= 4 is 44.8 Å². The predicted molar refractivity (Wildman–Crippen MR) is 87.0 cm³/mol. The average molecular weight is 357 g/mol. The van der Waals surface area contributed by atoms with Crippen molar-refractivity contribution in [2.24, 2.45) is 5.73 Å². The van der Waals surface area contributed by atoms with E-state index in [1.54, 1.807) is 0 Å². The highest BCUT2D eigenvalue weighted by molar-refractivity contribution is 9.10. The molecule has 1 aliphatic heterocycles. The van der Waals surface area contributed by atoms with Gasteiger partial charge >= 0.3 is 5.97 Å². The lowest BCUT2D eigenvalue weighted by Gasteiger charge is -2.27. The van der Waals surface area contributed by atoms with Crippen LogP contribution in [0, 0.1) is 0 Å². The van der Waals surface area contributed by atoms with E-state index in [4.69, 9.17) is 22.7 Å². The number of benzene rings is 1. The molecule has 1 fully saturated rings. The summed E-state index contributed by atoms with van der Waals surface area (Å²) in [5.74, 6) is -0.179. The first-order chi connectivity index (χ1) is 9.54. The maximum Gasteiger partial charge on any atom is 0.328 e. The van der Waals surface area contributed by atoms with Gasteiger partial charge in [-0.1, -0.05) is 28.1 Å². The molecule has 1 unspecified atom stereocenters. The standard InChI is InChI=1S/C14H17BrN2O2S/c1-2-19-14(18)12-4-3-7-17(12)11-6-5-9(15)8-10(11)13(16)20/h5-6,8,12H,2-4,7H2,1H3,(H2,16,20). The van der Waals surface area contributed by atoms with Crippen molar-refractivity contribution in [1.29, 1.82) is 0 Å². The van der Waals surface area contributed by atoms with Gasteiger partial charge < -0.3 is 15.4 Å². The predicted octanol–water partition coefficient (Wildman–Crippen LogP) is 2.62. The Labute approximate surface area is 132 Å². The highest BCUT2D eigenvalue weighted by atomic mass is 79.9. The van der Waals surface area contributed by atoms with Crippen molar-refractivity contribution in [2.75, 3.05) is 18.1 Å². The summed E-state index contributed by atoms with van der Waals surface area (Å²) in [5.41, 5.74) is 7.48. The van der Waals surface area contributed by atoms with E-state index in [-0.39, 0.29) is 12.0 Å². The Kier molecular flexibility index (Phi) is 4.99. The third kappa shape index (κ3) is 3.12. The highest BCUT2D eigenvalue weighted by Gasteiger charge is 2.33. The minimum absolute atomic E-state index is 0.179. The Morgan fingerprint density at radius 1 is 1.60 bits per heavy atom. The molecule has 2 rings (SSSR count). The molecule has 0 saturated carbocycles. The van der Waals surface area contributed by atoms with Gasteiger partial charge in [0.25, 0.3) is 0 Å². The zero-order chi connectivity index (χ0) is 14.7. The van der Waals surface area contributed by atoms with Crippen LogP contribution in [0.4, 0.5) is 5.69 Å². The molecule has 2 N–H and O–H groups in total. The van der Waals surface area contributed by atoms with Crippen LogP contribution in [0.1, 0.15) is 25.3 Å². The molecule has 1 aliphatic rings. The summed E-state index contributed by atoms with van der Waals surface area (Å²) >= 11 is 8.53. The molecule has 1 heterocycles. The summed E-state index contributed by atoms with van der Waals surface area (Å²) in [6.45, 7) is 3.02. The van der Waals surface area contributed by atoms with Crippen LogP contribution in [0.3, 0.4) is 0 Å². The van der Waals surface area contributed by atoms with Crippen LogP contribution in [-0.4, -0.2) is 30.2 Å². The fourth-order valence-electron chi connectivity index (χ4n) is 2.49. The Morgan fingerprint density at radius 3 is 3.00 bits per heavy atom. The average Bonchev–Trinajstić information content (AvgIpc) is 2.88. The minimum atomic E-state index is -0.246. The first kappa shape index (κ1) is 15.3. The first-order valence-electron chi connectivity index (χ1n) is 6.57. The molecular weight excluding hydrogens is 340 g/mol. The maximum atomic E-state index is 12.0. The van der Waals surface area contributed by atoms with Gasteiger partial charge in [-0.3, -0.25) is 0 Å². The van der Waals surface area contributed by atoms with Gasteiger partial charge in [-0.2, -0.15) is 0 Å². The highest BCUT2D eigenvalue weighted by Crippen LogP contribution is 2.31. The van der Waals surface area contributed by atoms with Crippen molar-refractivity contribution in [3.05, 3.63) is 28.2 Å². The molecule has 0 spiro atoms. The van der Waals surface area contributed by atoms with Gasteiger partial charge in [0, 0.05) is 22.3 Å². The van der Waals surface area contributed by atoms with Crippen LogP contribution in [0.25, 0.3) is 0 Å². The Balaban J connectivity index is 2.35. The zero-order valence-electron chi connectivity index (χ0n) is 11.3. The fourth-order valence-corrected chi connectivity index (χ4v) is 3.02. The number of nitrogens with zero attached hydrogens (tertiary/aromatic N) is 1. The lowest BCUT2D eigenvalue weighted by atomic mass is 10.1. The second-order valence-electron chi connectivity index (χ2n) is 4.63. The van der Waals surface area contributed by atoms with Crippen LogP contribution in [0.2, 0.25) is 0 Å². The molecule has 0 amide bonds. The molecular formula is C14H17BrN2O2S. The van der Waals surface area contributed by atoms with Gasteiger partial charge in [-0.05, 0) is 38.0 Å². The van der Waals surface area contributed by atoms with E-state index in [0.29, 0.717) is 11.6 Å². The number of anilines is 1. The fraction of sp³-hybridized carbons (Fsp3) is 0.429. The quantitative estimate of drug-likeness (QED) is 0.663. The van der Waals surface area contributed by atoms with Crippen molar-refractivity contribution in [2.45, 2.75) is 25.8 Å². The van der Waals surface area contributed by atoms with E-state index in [1.165, 1.54) is 0 Å². The second kappa shape index (κ2) is 6.54. The summed E-state index contributed by atoms with van der Waals surface area (Å²) in [6.07, 6.45) is 1.75. The van der Waals surface area contributed by atoms with Gasteiger partial charge in [0.2, 0.25) is 0 Å². The summed E-state index contributed by atoms with van der Waals surface area (Å²) in [6, 6.07) is 5.51. The molecule has 0 aliphatic carbocycles. The number of hydrogen-bond donors (Lipinski definition) is 1. The molecule has 0 bridgehead atoms. The molecule has 1 atom stereocenters. The van der Waals surface area contributed by atoms with Crippen LogP contribution in [0.15, 0.2) is 22.7 Å². The molecule has 20 heavy (non-hydrogen) atoms. The summed E-state index contributed by atoms with van der Waals surface area (Å²) in [5, 5.41) is 0. The van der Waals surface area contributed by atoms with Crippen LogP contribution < -0.4 is 10.6 Å². The molecule has 0 aromatic heterocycles. The van der Waals surface area contributed by atoms with Gasteiger partial charge in [-0.25, -0.2) is 4.79 Å². The number of halogens is 1. The third-order valence-electron chi connectivity index (χ3n) is 3.34. The van der Waals surface area contributed by atoms with Gasteiger partial charge in [0.1, 0.15) is 11.0 Å². The second-order valence-corrected chi connectivity index (χ2v) is 5.98. The van der Waals surface area contributed by atoms with Gasteiger partial charge in [-0.15, -0.1) is 0 Å². The molecule has 1 aromatic rings. The van der Waals surface area contributed by atoms with Crippen molar-refractivity contribution in [1.82, 2.24) is 0 Å². The number of thiocarbonyl (C=S) groups is 1. The zero-order valence-corrected chi connectivity index (χ0v) is 13.7. The first-order valence-corrected chi connectivity index (χ1v) is 7.77. The summed E-state index contributed by atoms with van der Waals surface area (Å²) in [7, 11) is 0. The largest absolute Gasteiger partial charge is 0.464 e. The van der Waals surface area contributed by atoms with E-state index in [0.717, 1.165) is 35.1 Å². The molecule has 1 aromatic carbocycles.